The van der Waals surface area contributed by atoms with Crippen molar-refractivity contribution >= 4 is 23.2 Å². The van der Waals surface area contributed by atoms with Gasteiger partial charge in [0.15, 0.2) is 0 Å². The first kappa shape index (κ1) is 17.8. The minimum atomic E-state index is 0.0827. The maximum absolute atomic E-state index is 12.3. The third-order valence-corrected chi connectivity index (χ3v) is 5.17. The number of hydrogen-bond donors (Lipinski definition) is 1. The first-order valence-corrected chi connectivity index (χ1v) is 9.22. The number of carbonyl (C=O) groups is 1. The van der Waals surface area contributed by atoms with Gasteiger partial charge in [0.05, 0.1) is 0 Å². The van der Waals surface area contributed by atoms with Gasteiger partial charge >= 0.3 is 0 Å². The van der Waals surface area contributed by atoms with Crippen LogP contribution in [0.3, 0.4) is 0 Å². The number of amides is 1. The molecule has 0 spiro atoms. The Labute approximate surface area is 155 Å². The molecule has 3 nitrogen and oxygen atoms in total. The number of carbonyl (C=O) groups excluding carboxylic acids is 1. The normalized spacial score (nSPS) is 18.7. The zero-order chi connectivity index (χ0) is 17.8. The van der Waals surface area contributed by atoms with Crippen LogP contribution in [0.5, 0.6) is 0 Å². The molecule has 0 heterocycles. The molecule has 1 saturated carbocycles. The summed E-state index contributed by atoms with van der Waals surface area (Å²) >= 11 is 6.22. The standard InChI is InChI=1S/C21H25ClN2O/c1-24(2)16-11-9-15(10-12-16)6-5-13-23-21(25)19-14-18(19)17-7-3-4-8-20(17)22/h3-4,7-12,18-19H,5-6,13-14H2,1-2H3,(H,23,25). The first-order valence-electron chi connectivity index (χ1n) is 8.84. The minimum absolute atomic E-state index is 0.0827. The number of rotatable bonds is 7. The number of halogens is 1. The monoisotopic (exact) mass is 356 g/mol. The van der Waals surface area contributed by atoms with Crippen LogP contribution in [0, 0.1) is 5.92 Å². The fraction of sp³-hybridized carbons (Fsp3) is 0.381. The molecular weight excluding hydrogens is 332 g/mol. The van der Waals surface area contributed by atoms with Crippen molar-refractivity contribution in [2.24, 2.45) is 5.92 Å². The first-order chi connectivity index (χ1) is 12.1. The van der Waals surface area contributed by atoms with E-state index in [1.807, 2.05) is 38.4 Å². The Balaban J connectivity index is 1.40. The van der Waals surface area contributed by atoms with Crippen LogP contribution in [0.15, 0.2) is 48.5 Å². The Kier molecular flexibility index (Phi) is 5.64. The molecule has 0 aromatic heterocycles. The lowest BCUT2D eigenvalue weighted by molar-refractivity contribution is -0.122. The van der Waals surface area contributed by atoms with Crippen LogP contribution in [0.25, 0.3) is 0 Å². The molecule has 2 unspecified atom stereocenters. The Morgan fingerprint density at radius 1 is 1.16 bits per heavy atom. The number of nitrogens with zero attached hydrogens (tertiary/aromatic N) is 1. The quantitative estimate of drug-likeness (QED) is 0.752. The van der Waals surface area contributed by atoms with Gasteiger partial charge < -0.3 is 10.2 Å². The molecule has 0 radical (unpaired) electrons. The number of nitrogens with one attached hydrogen (secondary N) is 1. The molecule has 2 aromatic carbocycles. The van der Waals surface area contributed by atoms with Crippen LogP contribution in [-0.4, -0.2) is 26.5 Å². The zero-order valence-corrected chi connectivity index (χ0v) is 15.6. The highest BCUT2D eigenvalue weighted by Crippen LogP contribution is 2.49. The molecule has 1 aliphatic rings. The fourth-order valence-electron chi connectivity index (χ4n) is 3.20. The van der Waals surface area contributed by atoms with E-state index in [9.17, 15) is 4.79 Å². The van der Waals surface area contributed by atoms with Gasteiger partial charge in [-0.25, -0.2) is 0 Å². The smallest absolute Gasteiger partial charge is 0.223 e. The van der Waals surface area contributed by atoms with Gasteiger partial charge in [-0.3, -0.25) is 4.79 Å². The summed E-state index contributed by atoms with van der Waals surface area (Å²) in [6.07, 6.45) is 2.84. The summed E-state index contributed by atoms with van der Waals surface area (Å²) in [5.41, 5.74) is 3.61. The maximum Gasteiger partial charge on any atom is 0.223 e. The topological polar surface area (TPSA) is 32.3 Å². The van der Waals surface area contributed by atoms with E-state index in [2.05, 4.69) is 34.5 Å². The summed E-state index contributed by atoms with van der Waals surface area (Å²) in [6.45, 7) is 0.722. The van der Waals surface area contributed by atoms with Crippen molar-refractivity contribution in [3.8, 4) is 0 Å². The molecular formula is C21H25ClN2O. The second kappa shape index (κ2) is 7.92. The van der Waals surface area contributed by atoms with E-state index < -0.39 is 0 Å². The van der Waals surface area contributed by atoms with Gasteiger partial charge in [0, 0.05) is 37.3 Å². The molecule has 1 fully saturated rings. The predicted octanol–water partition coefficient (Wildman–Crippen LogP) is 4.26. The van der Waals surface area contributed by atoms with E-state index in [1.54, 1.807) is 0 Å². The van der Waals surface area contributed by atoms with Crippen molar-refractivity contribution in [3.63, 3.8) is 0 Å². The molecule has 2 aromatic rings. The lowest BCUT2D eigenvalue weighted by Crippen LogP contribution is -2.26. The molecule has 0 saturated heterocycles. The van der Waals surface area contributed by atoms with Crippen molar-refractivity contribution < 1.29 is 4.79 Å². The van der Waals surface area contributed by atoms with Crippen LogP contribution < -0.4 is 10.2 Å². The molecule has 4 heteroatoms. The number of hydrogen-bond acceptors (Lipinski definition) is 2. The van der Waals surface area contributed by atoms with Crippen molar-refractivity contribution in [1.82, 2.24) is 5.32 Å². The van der Waals surface area contributed by atoms with Gasteiger partial charge in [-0.05, 0) is 54.5 Å². The molecule has 0 aliphatic heterocycles. The average molecular weight is 357 g/mol. The van der Waals surface area contributed by atoms with Gasteiger partial charge in [-0.2, -0.15) is 0 Å². The second-order valence-electron chi connectivity index (χ2n) is 6.93. The second-order valence-corrected chi connectivity index (χ2v) is 7.33. The fourth-order valence-corrected chi connectivity index (χ4v) is 3.48. The van der Waals surface area contributed by atoms with Gasteiger partial charge in [0.25, 0.3) is 0 Å². The molecule has 0 bridgehead atoms. The summed E-state index contributed by atoms with van der Waals surface area (Å²) in [7, 11) is 4.08. The van der Waals surface area contributed by atoms with E-state index in [-0.39, 0.29) is 17.7 Å². The SMILES string of the molecule is CN(C)c1ccc(CCCNC(=O)C2CC2c2ccccc2Cl)cc1. The molecule has 1 N–H and O–H groups in total. The highest BCUT2D eigenvalue weighted by atomic mass is 35.5. The van der Waals surface area contributed by atoms with E-state index in [1.165, 1.54) is 11.3 Å². The predicted molar refractivity (Wildman–Crippen MR) is 104 cm³/mol. The van der Waals surface area contributed by atoms with Gasteiger partial charge in [-0.15, -0.1) is 0 Å². The molecule has 1 aliphatic carbocycles. The summed E-state index contributed by atoms with van der Waals surface area (Å²) in [4.78, 5) is 14.4. The van der Waals surface area contributed by atoms with Crippen LogP contribution in [0.4, 0.5) is 5.69 Å². The molecule has 3 rings (SSSR count). The Bertz CT molecular complexity index is 727. The highest BCUT2D eigenvalue weighted by Gasteiger charge is 2.44. The van der Waals surface area contributed by atoms with Crippen LogP contribution in [0.1, 0.15) is 29.9 Å². The summed E-state index contributed by atoms with van der Waals surface area (Å²) in [6, 6.07) is 16.4. The number of anilines is 1. The van der Waals surface area contributed by atoms with Crippen LogP contribution in [0.2, 0.25) is 5.02 Å². The van der Waals surface area contributed by atoms with E-state index in [0.717, 1.165) is 36.4 Å². The minimum Gasteiger partial charge on any atom is -0.378 e. The Morgan fingerprint density at radius 3 is 2.56 bits per heavy atom. The lowest BCUT2D eigenvalue weighted by Gasteiger charge is -2.12. The molecule has 25 heavy (non-hydrogen) atoms. The lowest BCUT2D eigenvalue weighted by atomic mass is 10.1. The largest absolute Gasteiger partial charge is 0.378 e. The third kappa shape index (κ3) is 4.55. The van der Waals surface area contributed by atoms with Crippen LogP contribution in [-0.2, 0) is 11.2 Å². The average Bonchev–Trinajstić information content (AvgIpc) is 3.40. The van der Waals surface area contributed by atoms with E-state index in [4.69, 9.17) is 11.6 Å². The van der Waals surface area contributed by atoms with Crippen molar-refractivity contribution in [1.29, 1.82) is 0 Å². The number of benzene rings is 2. The summed E-state index contributed by atoms with van der Waals surface area (Å²) in [5.74, 6) is 0.527. The Hall–Kier alpha value is -2.00. The van der Waals surface area contributed by atoms with Crippen molar-refractivity contribution in [3.05, 3.63) is 64.7 Å². The Morgan fingerprint density at radius 2 is 1.88 bits per heavy atom. The zero-order valence-electron chi connectivity index (χ0n) is 14.8. The molecule has 132 valence electrons. The third-order valence-electron chi connectivity index (χ3n) is 4.83. The van der Waals surface area contributed by atoms with Gasteiger partial charge in [0.2, 0.25) is 5.91 Å². The van der Waals surface area contributed by atoms with Crippen molar-refractivity contribution in [2.75, 3.05) is 25.5 Å². The summed E-state index contributed by atoms with van der Waals surface area (Å²) in [5, 5.41) is 3.84. The van der Waals surface area contributed by atoms with E-state index >= 15 is 0 Å². The van der Waals surface area contributed by atoms with E-state index in [0.29, 0.717) is 0 Å². The van der Waals surface area contributed by atoms with Crippen molar-refractivity contribution in [2.45, 2.75) is 25.2 Å². The van der Waals surface area contributed by atoms with Crippen LogP contribution >= 0.6 is 11.6 Å². The summed E-state index contributed by atoms with van der Waals surface area (Å²) < 4.78 is 0. The highest BCUT2D eigenvalue weighted by molar-refractivity contribution is 6.31. The number of aryl methyl sites for hydroxylation is 1. The molecule has 1 amide bonds. The van der Waals surface area contributed by atoms with Gasteiger partial charge in [0.1, 0.15) is 0 Å². The maximum atomic E-state index is 12.3. The molecule has 2 atom stereocenters. The van der Waals surface area contributed by atoms with Gasteiger partial charge in [-0.1, -0.05) is 41.9 Å².